The standard InChI is InChI=1S/C16H21N3O2/c1-2-3-8-19-16(21)15(9-17)11-18-10-13-4-6-14(12-20)7-5-13/h4-7,11,18,20H,2-3,8,10,12H2,1H3,(H,19,21)/b15-11-. The average Bonchev–Trinajstić information content (AvgIpc) is 2.52. The van der Waals surface area contributed by atoms with E-state index in [2.05, 4.69) is 10.6 Å². The number of hydrogen-bond donors (Lipinski definition) is 3. The molecule has 1 amide bonds. The molecule has 5 heteroatoms. The Labute approximate surface area is 125 Å². The number of nitrogens with zero attached hydrogens (tertiary/aromatic N) is 1. The summed E-state index contributed by atoms with van der Waals surface area (Å²) in [4.78, 5) is 11.7. The maximum Gasteiger partial charge on any atom is 0.263 e. The predicted molar refractivity (Wildman–Crippen MR) is 80.8 cm³/mol. The molecule has 0 aromatic heterocycles. The Morgan fingerprint density at radius 3 is 2.57 bits per heavy atom. The second-order valence-corrected chi connectivity index (χ2v) is 4.63. The van der Waals surface area contributed by atoms with Crippen molar-refractivity contribution in [2.24, 2.45) is 0 Å². The van der Waals surface area contributed by atoms with Crippen molar-refractivity contribution < 1.29 is 9.90 Å². The van der Waals surface area contributed by atoms with E-state index in [-0.39, 0.29) is 18.1 Å². The number of aliphatic hydroxyl groups excluding tert-OH is 1. The molecule has 5 nitrogen and oxygen atoms in total. The molecule has 0 saturated heterocycles. The van der Waals surface area contributed by atoms with E-state index in [1.165, 1.54) is 6.20 Å². The van der Waals surface area contributed by atoms with Gasteiger partial charge < -0.3 is 15.7 Å². The lowest BCUT2D eigenvalue weighted by molar-refractivity contribution is -0.117. The van der Waals surface area contributed by atoms with Crippen LogP contribution in [0, 0.1) is 11.3 Å². The van der Waals surface area contributed by atoms with Crippen LogP contribution in [0.5, 0.6) is 0 Å². The summed E-state index contributed by atoms with van der Waals surface area (Å²) in [6, 6.07) is 9.34. The topological polar surface area (TPSA) is 85.2 Å². The van der Waals surface area contributed by atoms with Gasteiger partial charge in [0.15, 0.2) is 0 Å². The molecule has 1 aromatic carbocycles. The molecule has 0 heterocycles. The highest BCUT2D eigenvalue weighted by Gasteiger charge is 2.07. The largest absolute Gasteiger partial charge is 0.392 e. The number of amides is 1. The lowest BCUT2D eigenvalue weighted by Crippen LogP contribution is -2.26. The van der Waals surface area contributed by atoms with Crippen molar-refractivity contribution in [3.8, 4) is 6.07 Å². The molecule has 1 rings (SSSR count). The van der Waals surface area contributed by atoms with E-state index in [9.17, 15) is 4.79 Å². The monoisotopic (exact) mass is 287 g/mol. The summed E-state index contributed by atoms with van der Waals surface area (Å²) >= 11 is 0. The molecule has 0 bridgehead atoms. The van der Waals surface area contributed by atoms with Crippen LogP contribution >= 0.6 is 0 Å². The van der Waals surface area contributed by atoms with Gasteiger partial charge >= 0.3 is 0 Å². The maximum absolute atomic E-state index is 11.7. The molecule has 0 saturated carbocycles. The van der Waals surface area contributed by atoms with Gasteiger partial charge in [-0.2, -0.15) is 5.26 Å². The summed E-state index contributed by atoms with van der Waals surface area (Å²) in [5.41, 5.74) is 1.92. The van der Waals surface area contributed by atoms with Crippen molar-refractivity contribution in [3.05, 3.63) is 47.2 Å². The summed E-state index contributed by atoms with van der Waals surface area (Å²) < 4.78 is 0. The number of nitriles is 1. The molecule has 112 valence electrons. The number of rotatable bonds is 8. The second kappa shape index (κ2) is 9.56. The molecule has 21 heavy (non-hydrogen) atoms. The summed E-state index contributed by atoms with van der Waals surface area (Å²) in [7, 11) is 0. The third-order valence-corrected chi connectivity index (χ3v) is 2.94. The van der Waals surface area contributed by atoms with E-state index in [0.717, 1.165) is 24.0 Å². The second-order valence-electron chi connectivity index (χ2n) is 4.63. The predicted octanol–water partition coefficient (Wildman–Crippen LogP) is 1.59. The van der Waals surface area contributed by atoms with Crippen molar-refractivity contribution in [1.29, 1.82) is 5.26 Å². The summed E-state index contributed by atoms with van der Waals surface area (Å²) in [6.45, 7) is 3.15. The molecule has 0 aliphatic heterocycles. The number of unbranched alkanes of at least 4 members (excludes halogenated alkanes) is 1. The number of aliphatic hydroxyl groups is 1. The van der Waals surface area contributed by atoms with Crippen molar-refractivity contribution in [3.63, 3.8) is 0 Å². The SMILES string of the molecule is CCCCNC(=O)/C(C#N)=C\NCc1ccc(CO)cc1. The van der Waals surface area contributed by atoms with Crippen LogP contribution in [-0.2, 0) is 17.9 Å². The van der Waals surface area contributed by atoms with Crippen LogP contribution in [0.4, 0.5) is 0 Å². The lowest BCUT2D eigenvalue weighted by atomic mass is 10.1. The molecule has 0 spiro atoms. The Morgan fingerprint density at radius 2 is 2.00 bits per heavy atom. The van der Waals surface area contributed by atoms with Gasteiger partial charge in [0, 0.05) is 19.3 Å². The summed E-state index contributed by atoms with van der Waals surface area (Å²) in [5, 5.41) is 23.6. The fraction of sp³-hybridized carbons (Fsp3) is 0.375. The van der Waals surface area contributed by atoms with Gasteiger partial charge in [-0.1, -0.05) is 37.6 Å². The van der Waals surface area contributed by atoms with Gasteiger partial charge in [0.25, 0.3) is 5.91 Å². The first-order valence-corrected chi connectivity index (χ1v) is 7.01. The summed E-state index contributed by atoms with van der Waals surface area (Å²) in [5.74, 6) is -0.353. The van der Waals surface area contributed by atoms with Crippen LogP contribution in [0.25, 0.3) is 0 Å². The normalized spacial score (nSPS) is 10.8. The van der Waals surface area contributed by atoms with E-state index in [0.29, 0.717) is 13.1 Å². The number of benzene rings is 1. The molecular formula is C16H21N3O2. The third kappa shape index (κ3) is 6.11. The Kier molecular flexibility index (Phi) is 7.62. The zero-order valence-electron chi connectivity index (χ0n) is 12.2. The van der Waals surface area contributed by atoms with Crippen molar-refractivity contribution in [2.75, 3.05) is 6.54 Å². The Bertz CT molecular complexity index is 515. The third-order valence-electron chi connectivity index (χ3n) is 2.94. The van der Waals surface area contributed by atoms with Crippen LogP contribution in [0.3, 0.4) is 0 Å². The van der Waals surface area contributed by atoms with Gasteiger partial charge in [0.05, 0.1) is 6.61 Å². The highest BCUT2D eigenvalue weighted by Crippen LogP contribution is 2.04. The molecule has 0 fully saturated rings. The van der Waals surface area contributed by atoms with E-state index >= 15 is 0 Å². The van der Waals surface area contributed by atoms with Crippen LogP contribution in [0.2, 0.25) is 0 Å². The van der Waals surface area contributed by atoms with Crippen molar-refractivity contribution in [1.82, 2.24) is 10.6 Å². The zero-order valence-corrected chi connectivity index (χ0v) is 12.2. The van der Waals surface area contributed by atoms with Crippen molar-refractivity contribution in [2.45, 2.75) is 32.9 Å². The first kappa shape index (κ1) is 16.7. The molecule has 0 aliphatic carbocycles. The molecule has 0 radical (unpaired) electrons. The zero-order chi connectivity index (χ0) is 15.5. The van der Waals surface area contributed by atoms with Crippen LogP contribution in [0.15, 0.2) is 36.0 Å². The molecule has 0 atom stereocenters. The molecular weight excluding hydrogens is 266 g/mol. The van der Waals surface area contributed by atoms with E-state index < -0.39 is 0 Å². The van der Waals surface area contributed by atoms with Gasteiger partial charge in [-0.3, -0.25) is 4.79 Å². The number of nitrogens with one attached hydrogen (secondary N) is 2. The van der Waals surface area contributed by atoms with E-state index in [1.54, 1.807) is 0 Å². The smallest absolute Gasteiger partial charge is 0.263 e. The highest BCUT2D eigenvalue weighted by atomic mass is 16.3. The Hall–Kier alpha value is -2.32. The van der Waals surface area contributed by atoms with Crippen LogP contribution < -0.4 is 10.6 Å². The fourth-order valence-electron chi connectivity index (χ4n) is 1.66. The molecule has 0 aliphatic rings. The van der Waals surface area contributed by atoms with Crippen LogP contribution in [0.1, 0.15) is 30.9 Å². The molecule has 3 N–H and O–H groups in total. The van der Waals surface area contributed by atoms with Crippen LogP contribution in [-0.4, -0.2) is 17.6 Å². The number of hydrogen-bond acceptors (Lipinski definition) is 4. The highest BCUT2D eigenvalue weighted by molar-refractivity contribution is 5.97. The molecule has 0 unspecified atom stereocenters. The Morgan fingerprint density at radius 1 is 1.33 bits per heavy atom. The lowest BCUT2D eigenvalue weighted by Gasteiger charge is -2.05. The summed E-state index contributed by atoms with van der Waals surface area (Å²) in [6.07, 6.45) is 3.32. The minimum absolute atomic E-state index is 0.0180. The van der Waals surface area contributed by atoms with Gasteiger partial charge in [0.1, 0.15) is 11.6 Å². The minimum atomic E-state index is -0.353. The Balaban J connectivity index is 2.48. The minimum Gasteiger partial charge on any atom is -0.392 e. The first-order valence-electron chi connectivity index (χ1n) is 7.01. The molecule has 1 aromatic rings. The average molecular weight is 287 g/mol. The number of carbonyl (C=O) groups excluding carboxylic acids is 1. The maximum atomic E-state index is 11.7. The number of carbonyl (C=O) groups is 1. The van der Waals surface area contributed by atoms with E-state index in [4.69, 9.17) is 10.4 Å². The fourth-order valence-corrected chi connectivity index (χ4v) is 1.66. The van der Waals surface area contributed by atoms with Gasteiger partial charge in [-0.05, 0) is 17.5 Å². The van der Waals surface area contributed by atoms with E-state index in [1.807, 2.05) is 37.3 Å². The van der Waals surface area contributed by atoms with Gasteiger partial charge in [-0.25, -0.2) is 0 Å². The first-order chi connectivity index (χ1) is 10.2. The van der Waals surface area contributed by atoms with Crippen molar-refractivity contribution >= 4 is 5.91 Å². The van der Waals surface area contributed by atoms with Gasteiger partial charge in [-0.15, -0.1) is 0 Å². The van der Waals surface area contributed by atoms with Gasteiger partial charge in [0.2, 0.25) is 0 Å². The quantitative estimate of drug-likeness (QED) is 0.385.